The largest absolute Gasteiger partial charge is 0.506 e. The molecule has 4 nitrogen and oxygen atoms in total. The molecule has 1 aromatic heterocycles. The highest BCUT2D eigenvalue weighted by Crippen LogP contribution is 2.40. The van der Waals surface area contributed by atoms with Crippen molar-refractivity contribution >= 4 is 45.0 Å². The van der Waals surface area contributed by atoms with E-state index in [0.29, 0.717) is 5.52 Å². The molecule has 0 amide bonds. The van der Waals surface area contributed by atoms with Crippen molar-refractivity contribution in [2.75, 3.05) is 0 Å². The Morgan fingerprint density at radius 1 is 0.735 bits per heavy atom. The van der Waals surface area contributed by atoms with Crippen molar-refractivity contribution in [3.05, 3.63) is 78.9 Å². The lowest BCUT2D eigenvalue weighted by Crippen LogP contribution is -2.41. The minimum absolute atomic E-state index is 0.177. The van der Waals surface area contributed by atoms with E-state index in [1.54, 1.807) is 6.07 Å². The van der Waals surface area contributed by atoms with Crippen LogP contribution in [0.3, 0.4) is 0 Å². The van der Waals surface area contributed by atoms with Crippen molar-refractivity contribution in [1.82, 2.24) is 4.98 Å². The van der Waals surface area contributed by atoms with Crippen LogP contribution < -0.4 is 5.46 Å². The first-order chi connectivity index (χ1) is 16.2. The van der Waals surface area contributed by atoms with Crippen molar-refractivity contribution in [2.24, 2.45) is 0 Å². The second-order valence-electron chi connectivity index (χ2n) is 10.1. The number of aromatic hydroxyl groups is 1. The summed E-state index contributed by atoms with van der Waals surface area (Å²) in [6.07, 6.45) is 0. The van der Waals surface area contributed by atoms with E-state index in [1.165, 1.54) is 0 Å². The minimum atomic E-state index is -0.453. The summed E-state index contributed by atoms with van der Waals surface area (Å²) < 4.78 is 12.6. The van der Waals surface area contributed by atoms with Crippen molar-refractivity contribution in [2.45, 2.75) is 38.9 Å². The van der Waals surface area contributed by atoms with Crippen LogP contribution in [-0.2, 0) is 9.31 Å². The molecule has 5 aromatic rings. The van der Waals surface area contributed by atoms with Gasteiger partial charge in [0.05, 0.1) is 16.9 Å². The predicted molar refractivity (Wildman–Crippen MR) is 140 cm³/mol. The Hall–Kier alpha value is -3.41. The lowest BCUT2D eigenvalue weighted by atomic mass is 9.78. The third-order valence-electron chi connectivity index (χ3n) is 7.38. The number of pyridine rings is 1. The normalized spacial score (nSPS) is 17.1. The highest BCUT2D eigenvalue weighted by Gasteiger charge is 2.51. The Labute approximate surface area is 199 Å². The summed E-state index contributed by atoms with van der Waals surface area (Å²) in [4.78, 5) is 4.97. The minimum Gasteiger partial charge on any atom is -0.506 e. The molecule has 0 saturated carbocycles. The Morgan fingerprint density at radius 2 is 1.44 bits per heavy atom. The zero-order valence-electron chi connectivity index (χ0n) is 19.8. The molecule has 1 fully saturated rings. The fourth-order valence-corrected chi connectivity index (χ4v) is 4.81. The zero-order chi connectivity index (χ0) is 23.7. The molecule has 6 rings (SSSR count). The van der Waals surface area contributed by atoms with Crippen LogP contribution in [0.25, 0.3) is 43.7 Å². The molecule has 1 aliphatic heterocycles. The first-order valence-corrected chi connectivity index (χ1v) is 11.6. The van der Waals surface area contributed by atoms with Gasteiger partial charge < -0.3 is 14.4 Å². The fourth-order valence-electron chi connectivity index (χ4n) is 4.81. The lowest BCUT2D eigenvalue weighted by molar-refractivity contribution is 0.00578. The lowest BCUT2D eigenvalue weighted by Gasteiger charge is -2.32. The second-order valence-corrected chi connectivity index (χ2v) is 10.1. The van der Waals surface area contributed by atoms with Gasteiger partial charge in [0, 0.05) is 21.7 Å². The maximum atomic E-state index is 10.7. The topological polar surface area (TPSA) is 51.6 Å². The Bertz CT molecular complexity index is 1580. The van der Waals surface area contributed by atoms with Gasteiger partial charge >= 0.3 is 7.12 Å². The number of benzene rings is 4. The van der Waals surface area contributed by atoms with Crippen molar-refractivity contribution < 1.29 is 14.4 Å². The molecule has 0 unspecified atom stereocenters. The van der Waals surface area contributed by atoms with Gasteiger partial charge in [0.15, 0.2) is 0 Å². The number of fused-ring (bicyclic) bond motifs is 5. The first-order valence-electron chi connectivity index (χ1n) is 11.6. The van der Waals surface area contributed by atoms with E-state index in [9.17, 15) is 5.11 Å². The Balaban J connectivity index is 1.61. The summed E-state index contributed by atoms with van der Waals surface area (Å²) in [6.45, 7) is 8.23. The average Bonchev–Trinajstić information content (AvgIpc) is 3.05. The van der Waals surface area contributed by atoms with Gasteiger partial charge in [-0.05, 0) is 50.0 Å². The van der Waals surface area contributed by atoms with Crippen LogP contribution in [0, 0.1) is 0 Å². The van der Waals surface area contributed by atoms with Gasteiger partial charge in [-0.2, -0.15) is 0 Å². The molecule has 0 radical (unpaired) electrons. The van der Waals surface area contributed by atoms with Gasteiger partial charge in [-0.3, -0.25) is 0 Å². The molecule has 1 aliphatic rings. The molecule has 5 heteroatoms. The molecule has 34 heavy (non-hydrogen) atoms. The molecule has 0 bridgehead atoms. The second kappa shape index (κ2) is 7.30. The Kier molecular flexibility index (Phi) is 4.54. The van der Waals surface area contributed by atoms with Crippen LogP contribution in [0.4, 0.5) is 0 Å². The maximum Gasteiger partial charge on any atom is 0.494 e. The fraction of sp³-hybridized carbons (Fsp3) is 0.207. The molecule has 2 heterocycles. The summed E-state index contributed by atoms with van der Waals surface area (Å²) in [7, 11) is -0.453. The molecule has 1 N–H and O–H groups in total. The van der Waals surface area contributed by atoms with Crippen LogP contribution in [0.2, 0.25) is 0 Å². The van der Waals surface area contributed by atoms with Gasteiger partial charge in [0.25, 0.3) is 0 Å². The number of phenols is 1. The van der Waals surface area contributed by atoms with Crippen molar-refractivity contribution in [3.63, 3.8) is 0 Å². The number of phenolic OH excluding ortho intramolecular Hbond substituents is 1. The van der Waals surface area contributed by atoms with Crippen LogP contribution in [0.1, 0.15) is 27.7 Å². The van der Waals surface area contributed by atoms with Crippen LogP contribution in [0.5, 0.6) is 5.75 Å². The van der Waals surface area contributed by atoms with E-state index in [2.05, 4.69) is 70.2 Å². The molecule has 0 atom stereocenters. The first kappa shape index (κ1) is 21.1. The number of hydrogen-bond donors (Lipinski definition) is 1. The third kappa shape index (κ3) is 3.12. The quantitative estimate of drug-likeness (QED) is 0.258. The van der Waals surface area contributed by atoms with Crippen molar-refractivity contribution in [3.8, 4) is 17.0 Å². The smallest absolute Gasteiger partial charge is 0.494 e. The van der Waals surface area contributed by atoms with Gasteiger partial charge in [0.2, 0.25) is 0 Å². The van der Waals surface area contributed by atoms with E-state index < -0.39 is 18.3 Å². The van der Waals surface area contributed by atoms with E-state index >= 15 is 0 Å². The Morgan fingerprint density at radius 3 is 2.24 bits per heavy atom. The van der Waals surface area contributed by atoms with Crippen LogP contribution >= 0.6 is 0 Å². The van der Waals surface area contributed by atoms with Crippen molar-refractivity contribution in [1.29, 1.82) is 0 Å². The highest BCUT2D eigenvalue weighted by atomic mass is 16.7. The van der Waals surface area contributed by atoms with Gasteiger partial charge in [0.1, 0.15) is 11.3 Å². The standard InChI is InChI=1S/C29H26BNO3/c1-28(2)29(3,4)34-30(33-28)20-11-7-10-19(17-20)26-23-16-15-18-9-5-6-12-21(18)25(23)22-13-8-14-24(32)27(22)31-26/h5-17,32H,1-4H3. The number of para-hydroxylation sites is 1. The van der Waals surface area contributed by atoms with E-state index in [1.807, 2.05) is 30.3 Å². The van der Waals surface area contributed by atoms with Gasteiger partial charge in [-0.15, -0.1) is 0 Å². The summed E-state index contributed by atoms with van der Waals surface area (Å²) in [6, 6.07) is 26.4. The molecule has 1 saturated heterocycles. The van der Waals surface area contributed by atoms with Gasteiger partial charge in [-0.25, -0.2) is 4.98 Å². The molecule has 0 spiro atoms. The summed E-state index contributed by atoms with van der Waals surface area (Å²) in [5, 5.41) is 16.1. The molecule has 0 aliphatic carbocycles. The van der Waals surface area contributed by atoms with Crippen LogP contribution in [0.15, 0.2) is 78.9 Å². The van der Waals surface area contributed by atoms with Gasteiger partial charge in [-0.1, -0.05) is 72.8 Å². The molecular formula is C29H26BNO3. The SMILES string of the molecule is CC1(C)OB(c2cccc(-c3nc4c(O)cccc4c4c3ccc3ccccc34)c2)OC1(C)C. The number of rotatable bonds is 2. The number of nitrogens with zero attached hydrogens (tertiary/aromatic N) is 1. The van der Waals surface area contributed by atoms with E-state index in [4.69, 9.17) is 14.3 Å². The van der Waals surface area contributed by atoms with E-state index in [0.717, 1.165) is 43.7 Å². The summed E-state index contributed by atoms with van der Waals surface area (Å²) in [5.41, 5.74) is 2.51. The van der Waals surface area contributed by atoms with E-state index in [-0.39, 0.29) is 5.75 Å². The zero-order valence-corrected chi connectivity index (χ0v) is 19.8. The molecule has 4 aromatic carbocycles. The van der Waals surface area contributed by atoms with Crippen LogP contribution in [-0.4, -0.2) is 28.4 Å². The highest BCUT2D eigenvalue weighted by molar-refractivity contribution is 6.62. The number of aromatic nitrogens is 1. The number of hydrogen-bond acceptors (Lipinski definition) is 4. The average molecular weight is 447 g/mol. The summed E-state index contributed by atoms with van der Waals surface area (Å²) in [5.74, 6) is 0.177. The maximum absolute atomic E-state index is 10.7. The monoisotopic (exact) mass is 447 g/mol. The summed E-state index contributed by atoms with van der Waals surface area (Å²) >= 11 is 0. The predicted octanol–water partition coefficient (Wildman–Crippen LogP) is 6.21. The molecular weight excluding hydrogens is 421 g/mol. The molecule has 168 valence electrons. The third-order valence-corrected chi connectivity index (χ3v) is 7.38.